The van der Waals surface area contributed by atoms with Gasteiger partial charge in [-0.05, 0) is 6.07 Å². The number of quaternary nitrogens is 1. The summed E-state index contributed by atoms with van der Waals surface area (Å²) < 4.78 is 0. The van der Waals surface area contributed by atoms with Gasteiger partial charge in [-0.2, -0.15) is 0 Å². The number of rotatable bonds is 3. The maximum absolute atomic E-state index is 3.32. The van der Waals surface area contributed by atoms with Crippen LogP contribution in [0.4, 0.5) is 5.82 Å². The number of aromatic amines is 1. The van der Waals surface area contributed by atoms with Gasteiger partial charge in [-0.3, -0.25) is 4.90 Å². The fourth-order valence-corrected chi connectivity index (χ4v) is 2.71. The molecule has 0 aliphatic carbocycles. The van der Waals surface area contributed by atoms with Crippen LogP contribution in [0.3, 0.4) is 0 Å². The molecule has 2 N–H and O–H groups in total. The van der Waals surface area contributed by atoms with Gasteiger partial charge in [0.2, 0.25) is 0 Å². The van der Waals surface area contributed by atoms with Gasteiger partial charge in [0.05, 0.1) is 6.20 Å². The summed E-state index contributed by atoms with van der Waals surface area (Å²) in [6.45, 7) is 5.81. The van der Waals surface area contributed by atoms with Crippen molar-refractivity contribution in [3.05, 3.63) is 60.3 Å². The van der Waals surface area contributed by atoms with Gasteiger partial charge < -0.3 is 4.90 Å². The number of aromatic nitrogens is 1. The second-order valence-electron chi connectivity index (χ2n) is 5.15. The van der Waals surface area contributed by atoms with Crippen molar-refractivity contribution in [1.29, 1.82) is 0 Å². The van der Waals surface area contributed by atoms with Gasteiger partial charge >= 0.3 is 0 Å². The van der Waals surface area contributed by atoms with E-state index in [1.807, 2.05) is 12.3 Å². The second-order valence-corrected chi connectivity index (χ2v) is 5.15. The highest BCUT2D eigenvalue weighted by atomic mass is 15.3. The molecule has 1 aromatic carbocycles. The van der Waals surface area contributed by atoms with Crippen molar-refractivity contribution in [2.45, 2.75) is 6.54 Å². The molecule has 1 saturated heterocycles. The van der Waals surface area contributed by atoms with Crippen LogP contribution in [0.2, 0.25) is 0 Å². The summed E-state index contributed by atoms with van der Waals surface area (Å²) in [6.07, 6.45) is 2.00. The number of nitrogens with one attached hydrogen (secondary N) is 2. The normalized spacial score (nSPS) is 16.5. The van der Waals surface area contributed by atoms with E-state index in [1.165, 1.54) is 24.5 Å². The molecule has 1 fully saturated rings. The molecular formula is C16H21N3+2. The van der Waals surface area contributed by atoms with Crippen molar-refractivity contribution in [3.63, 3.8) is 0 Å². The van der Waals surface area contributed by atoms with E-state index in [4.69, 9.17) is 0 Å². The molecular weight excluding hydrogens is 234 g/mol. The fourth-order valence-electron chi connectivity index (χ4n) is 2.71. The lowest BCUT2D eigenvalue weighted by molar-refractivity contribution is -0.914. The first-order valence-corrected chi connectivity index (χ1v) is 7.01. The van der Waals surface area contributed by atoms with Gasteiger partial charge in [-0.1, -0.05) is 36.4 Å². The maximum Gasteiger partial charge on any atom is 0.274 e. The number of hydrogen-bond acceptors (Lipinski definition) is 1. The second kappa shape index (κ2) is 5.85. The average Bonchev–Trinajstić information content (AvgIpc) is 2.50. The van der Waals surface area contributed by atoms with Crippen LogP contribution in [-0.2, 0) is 6.54 Å². The number of anilines is 1. The van der Waals surface area contributed by atoms with Gasteiger partial charge in [-0.25, -0.2) is 4.98 Å². The Morgan fingerprint density at radius 3 is 2.37 bits per heavy atom. The predicted octanol–water partition coefficient (Wildman–Crippen LogP) is 0.406. The zero-order chi connectivity index (χ0) is 12.9. The maximum atomic E-state index is 3.32. The van der Waals surface area contributed by atoms with Crippen LogP contribution in [0.1, 0.15) is 5.56 Å². The van der Waals surface area contributed by atoms with Crippen molar-refractivity contribution < 1.29 is 9.88 Å². The van der Waals surface area contributed by atoms with Crippen molar-refractivity contribution in [2.75, 3.05) is 31.1 Å². The molecule has 0 bridgehead atoms. The number of H-pyrrole nitrogens is 1. The Labute approximate surface area is 114 Å². The predicted molar refractivity (Wildman–Crippen MR) is 76.1 cm³/mol. The standard InChI is InChI=1S/C16H19N3/c1-2-6-15(7-3-1)14-18-10-12-19(13-11-18)16-8-4-5-9-17-16/h1-9H,10-14H2/p+2. The Morgan fingerprint density at radius 1 is 0.947 bits per heavy atom. The largest absolute Gasteiger partial charge is 0.325 e. The van der Waals surface area contributed by atoms with E-state index in [1.54, 1.807) is 4.90 Å². The molecule has 0 radical (unpaired) electrons. The highest BCUT2D eigenvalue weighted by molar-refractivity contribution is 5.31. The minimum absolute atomic E-state index is 1.13. The fraction of sp³-hybridized carbons (Fsp3) is 0.312. The van der Waals surface area contributed by atoms with Crippen molar-refractivity contribution in [3.8, 4) is 0 Å². The van der Waals surface area contributed by atoms with E-state index in [-0.39, 0.29) is 0 Å². The number of pyridine rings is 1. The van der Waals surface area contributed by atoms with Crippen LogP contribution >= 0.6 is 0 Å². The molecule has 1 aliphatic rings. The third kappa shape index (κ3) is 3.12. The van der Waals surface area contributed by atoms with Crippen molar-refractivity contribution in [1.82, 2.24) is 0 Å². The molecule has 19 heavy (non-hydrogen) atoms. The minimum Gasteiger partial charge on any atom is -0.325 e. The summed E-state index contributed by atoms with van der Waals surface area (Å²) in [5, 5.41) is 0. The van der Waals surface area contributed by atoms with Crippen molar-refractivity contribution in [2.24, 2.45) is 0 Å². The van der Waals surface area contributed by atoms with E-state index in [0.717, 1.165) is 19.6 Å². The summed E-state index contributed by atoms with van der Waals surface area (Å²) in [5.41, 5.74) is 1.44. The third-order valence-corrected chi connectivity index (χ3v) is 3.80. The molecule has 3 nitrogen and oxygen atoms in total. The van der Waals surface area contributed by atoms with Crippen LogP contribution in [0.15, 0.2) is 54.7 Å². The van der Waals surface area contributed by atoms with Crippen LogP contribution < -0.4 is 14.8 Å². The smallest absolute Gasteiger partial charge is 0.274 e. The lowest BCUT2D eigenvalue weighted by Crippen LogP contribution is -3.13. The molecule has 3 heteroatoms. The quantitative estimate of drug-likeness (QED) is 0.843. The Balaban J connectivity index is 1.55. The van der Waals surface area contributed by atoms with E-state index in [2.05, 4.69) is 52.3 Å². The first kappa shape index (κ1) is 12.2. The molecule has 0 saturated carbocycles. The zero-order valence-corrected chi connectivity index (χ0v) is 11.2. The zero-order valence-electron chi connectivity index (χ0n) is 11.2. The molecule has 1 aliphatic heterocycles. The highest BCUT2D eigenvalue weighted by Gasteiger charge is 2.25. The van der Waals surface area contributed by atoms with Gasteiger partial charge in [0.15, 0.2) is 0 Å². The first-order chi connectivity index (χ1) is 9.42. The highest BCUT2D eigenvalue weighted by Crippen LogP contribution is 2.05. The van der Waals surface area contributed by atoms with Crippen LogP contribution in [-0.4, -0.2) is 26.2 Å². The topological polar surface area (TPSA) is 21.8 Å². The number of hydrogen-bond donors (Lipinski definition) is 1. The third-order valence-electron chi connectivity index (χ3n) is 3.80. The van der Waals surface area contributed by atoms with E-state index < -0.39 is 0 Å². The van der Waals surface area contributed by atoms with Crippen molar-refractivity contribution >= 4 is 5.82 Å². The van der Waals surface area contributed by atoms with E-state index >= 15 is 0 Å². The van der Waals surface area contributed by atoms with Crippen LogP contribution in [0.25, 0.3) is 0 Å². The van der Waals surface area contributed by atoms with Gasteiger partial charge in [-0.15, -0.1) is 0 Å². The Hall–Kier alpha value is -1.87. The number of nitrogens with zero attached hydrogens (tertiary/aromatic N) is 1. The van der Waals surface area contributed by atoms with E-state index in [9.17, 15) is 0 Å². The SMILES string of the molecule is c1ccc(C[NH+]2CCN(c3cccc[nH+]3)CC2)cc1. The van der Waals surface area contributed by atoms with Crippen LogP contribution in [0.5, 0.6) is 0 Å². The molecule has 0 spiro atoms. The molecule has 0 unspecified atom stereocenters. The minimum atomic E-state index is 1.13. The van der Waals surface area contributed by atoms with E-state index in [0.29, 0.717) is 0 Å². The molecule has 0 amide bonds. The summed E-state index contributed by atoms with van der Waals surface area (Å²) in [4.78, 5) is 7.44. The van der Waals surface area contributed by atoms with Crippen LogP contribution in [0, 0.1) is 0 Å². The average molecular weight is 255 g/mol. The Morgan fingerprint density at radius 2 is 1.68 bits per heavy atom. The molecule has 1 aromatic heterocycles. The lowest BCUT2D eigenvalue weighted by atomic mass is 10.2. The summed E-state index contributed by atoms with van der Waals surface area (Å²) >= 11 is 0. The Bertz CT molecular complexity index is 490. The first-order valence-electron chi connectivity index (χ1n) is 7.01. The molecule has 98 valence electrons. The summed E-state index contributed by atoms with van der Waals surface area (Å²) in [5.74, 6) is 1.24. The van der Waals surface area contributed by atoms with Gasteiger partial charge in [0.25, 0.3) is 5.82 Å². The Kier molecular flexibility index (Phi) is 3.75. The molecule has 2 heterocycles. The molecule has 2 aromatic rings. The summed E-state index contributed by atoms with van der Waals surface area (Å²) in [6, 6.07) is 17.1. The molecule has 0 atom stereocenters. The lowest BCUT2D eigenvalue weighted by Gasteiger charge is -2.28. The summed E-state index contributed by atoms with van der Waals surface area (Å²) in [7, 11) is 0. The number of piperazine rings is 1. The number of benzene rings is 1. The van der Waals surface area contributed by atoms with Gasteiger partial charge in [0.1, 0.15) is 32.7 Å². The monoisotopic (exact) mass is 255 g/mol. The van der Waals surface area contributed by atoms with Gasteiger partial charge in [0, 0.05) is 11.6 Å². The molecule has 3 rings (SSSR count).